The zero-order valence-corrected chi connectivity index (χ0v) is 13.9. The highest BCUT2D eigenvalue weighted by atomic mass is 32.2. The summed E-state index contributed by atoms with van der Waals surface area (Å²) in [4.78, 5) is 10.6. The van der Waals surface area contributed by atoms with Crippen LogP contribution in [0.5, 0.6) is 0 Å². The molecule has 0 saturated carbocycles. The number of hydrogen-bond donors (Lipinski definition) is 0. The molecular formula is C20H16N2S. The Balaban J connectivity index is 1.79. The van der Waals surface area contributed by atoms with Crippen molar-refractivity contribution in [1.29, 1.82) is 0 Å². The molecule has 0 aliphatic rings. The average molecular weight is 316 g/mol. The second-order valence-corrected chi connectivity index (χ2v) is 6.83. The molecule has 0 spiro atoms. The number of hydrogen-bond acceptors (Lipinski definition) is 3. The Morgan fingerprint density at radius 3 is 2.35 bits per heavy atom. The molecule has 0 bridgehead atoms. The Morgan fingerprint density at radius 2 is 1.57 bits per heavy atom. The van der Waals surface area contributed by atoms with Gasteiger partial charge < -0.3 is 0 Å². The van der Waals surface area contributed by atoms with Gasteiger partial charge in [-0.25, -0.2) is 4.98 Å². The van der Waals surface area contributed by atoms with E-state index < -0.39 is 0 Å². The molecule has 4 rings (SSSR count). The van der Waals surface area contributed by atoms with Gasteiger partial charge in [0.2, 0.25) is 0 Å². The summed E-state index contributed by atoms with van der Waals surface area (Å²) < 4.78 is 0. The van der Waals surface area contributed by atoms with Crippen LogP contribution < -0.4 is 0 Å². The largest absolute Gasteiger partial charge is 0.252 e. The second kappa shape index (κ2) is 5.67. The number of benzene rings is 3. The summed E-state index contributed by atoms with van der Waals surface area (Å²) in [5.74, 6) is 0. The van der Waals surface area contributed by atoms with E-state index in [1.54, 1.807) is 11.8 Å². The Labute approximate surface area is 139 Å². The lowest BCUT2D eigenvalue weighted by Gasteiger charge is -2.07. The van der Waals surface area contributed by atoms with Gasteiger partial charge in [-0.2, -0.15) is 0 Å². The highest BCUT2D eigenvalue weighted by molar-refractivity contribution is 7.99. The predicted molar refractivity (Wildman–Crippen MR) is 97.1 cm³/mol. The van der Waals surface area contributed by atoms with Crippen molar-refractivity contribution in [3.05, 3.63) is 71.9 Å². The van der Waals surface area contributed by atoms with Crippen molar-refractivity contribution in [3.63, 3.8) is 0 Å². The normalized spacial score (nSPS) is 11.2. The predicted octanol–water partition coefficient (Wildman–Crippen LogP) is 5.55. The van der Waals surface area contributed by atoms with Gasteiger partial charge in [0.25, 0.3) is 0 Å². The Morgan fingerprint density at radius 1 is 0.826 bits per heavy atom. The van der Waals surface area contributed by atoms with Crippen LogP contribution in [0.4, 0.5) is 0 Å². The quantitative estimate of drug-likeness (QED) is 0.453. The molecule has 0 aliphatic carbocycles. The van der Waals surface area contributed by atoms with Crippen molar-refractivity contribution in [3.8, 4) is 0 Å². The molecule has 0 radical (unpaired) electrons. The van der Waals surface area contributed by atoms with Gasteiger partial charge in [-0.05, 0) is 53.9 Å². The van der Waals surface area contributed by atoms with E-state index in [1.165, 1.54) is 26.8 Å². The SMILES string of the molecule is Cc1ccc(C)c(Sc2cnc3cc4ccccc4cc3n2)c1. The van der Waals surface area contributed by atoms with Gasteiger partial charge in [-0.1, -0.05) is 48.2 Å². The molecule has 1 aromatic heterocycles. The van der Waals surface area contributed by atoms with Crippen LogP contribution in [0.3, 0.4) is 0 Å². The van der Waals surface area contributed by atoms with Gasteiger partial charge in [0, 0.05) is 4.90 Å². The molecule has 1 heterocycles. The molecule has 3 heteroatoms. The highest BCUT2D eigenvalue weighted by Gasteiger charge is 2.06. The first kappa shape index (κ1) is 14.2. The molecule has 3 aromatic carbocycles. The van der Waals surface area contributed by atoms with Crippen LogP contribution in [-0.4, -0.2) is 9.97 Å². The highest BCUT2D eigenvalue weighted by Crippen LogP contribution is 2.30. The summed E-state index contributed by atoms with van der Waals surface area (Å²) in [7, 11) is 0. The Bertz CT molecular complexity index is 1020. The first-order valence-corrected chi connectivity index (χ1v) is 8.41. The molecule has 2 nitrogen and oxygen atoms in total. The van der Waals surface area contributed by atoms with Crippen LogP contribution in [0.1, 0.15) is 11.1 Å². The number of aromatic nitrogens is 2. The Hall–Kier alpha value is -2.39. The molecule has 0 amide bonds. The van der Waals surface area contributed by atoms with E-state index in [9.17, 15) is 0 Å². The minimum Gasteiger partial charge on any atom is -0.252 e. The molecule has 0 aliphatic heterocycles. The van der Waals surface area contributed by atoms with Crippen molar-refractivity contribution in [2.24, 2.45) is 0 Å². The molecule has 0 unspecified atom stereocenters. The number of rotatable bonds is 2. The Kier molecular flexibility index (Phi) is 3.50. The van der Waals surface area contributed by atoms with Crippen molar-refractivity contribution in [2.45, 2.75) is 23.8 Å². The molecule has 0 saturated heterocycles. The molecule has 23 heavy (non-hydrogen) atoms. The van der Waals surface area contributed by atoms with E-state index in [4.69, 9.17) is 4.98 Å². The van der Waals surface area contributed by atoms with E-state index in [0.29, 0.717) is 0 Å². The van der Waals surface area contributed by atoms with Crippen molar-refractivity contribution in [2.75, 3.05) is 0 Å². The smallest absolute Gasteiger partial charge is 0.120 e. The lowest BCUT2D eigenvalue weighted by Crippen LogP contribution is -1.89. The fraction of sp³-hybridized carbons (Fsp3) is 0.100. The molecule has 112 valence electrons. The van der Waals surface area contributed by atoms with Crippen LogP contribution in [0.2, 0.25) is 0 Å². The lowest BCUT2D eigenvalue weighted by atomic mass is 10.1. The molecule has 0 N–H and O–H groups in total. The third-order valence-electron chi connectivity index (χ3n) is 3.95. The summed E-state index contributed by atoms with van der Waals surface area (Å²) >= 11 is 1.68. The fourth-order valence-electron chi connectivity index (χ4n) is 2.66. The zero-order chi connectivity index (χ0) is 15.8. The maximum atomic E-state index is 4.79. The lowest BCUT2D eigenvalue weighted by molar-refractivity contribution is 1.12. The van der Waals surface area contributed by atoms with Gasteiger partial charge in [0.1, 0.15) is 5.03 Å². The van der Waals surface area contributed by atoms with Crippen LogP contribution in [0, 0.1) is 13.8 Å². The maximum absolute atomic E-state index is 4.79. The van der Waals surface area contributed by atoms with E-state index in [0.717, 1.165) is 16.1 Å². The average Bonchev–Trinajstić information content (AvgIpc) is 2.56. The van der Waals surface area contributed by atoms with Crippen molar-refractivity contribution >= 4 is 33.6 Å². The van der Waals surface area contributed by atoms with Gasteiger partial charge in [-0.15, -0.1) is 0 Å². The zero-order valence-electron chi connectivity index (χ0n) is 13.1. The summed E-state index contributed by atoms with van der Waals surface area (Å²) in [6.45, 7) is 4.24. The van der Waals surface area contributed by atoms with Crippen molar-refractivity contribution in [1.82, 2.24) is 9.97 Å². The minimum atomic E-state index is 0.932. The third-order valence-corrected chi connectivity index (χ3v) is 5.01. The fourth-order valence-corrected chi connectivity index (χ4v) is 3.61. The molecule has 0 atom stereocenters. The van der Waals surface area contributed by atoms with Crippen molar-refractivity contribution < 1.29 is 0 Å². The summed E-state index contributed by atoms with van der Waals surface area (Å²) in [6.07, 6.45) is 1.86. The van der Waals surface area contributed by atoms with Gasteiger partial charge in [-0.3, -0.25) is 4.98 Å². The van der Waals surface area contributed by atoms with E-state index in [-0.39, 0.29) is 0 Å². The summed E-state index contributed by atoms with van der Waals surface area (Å²) in [6, 6.07) is 19.0. The monoisotopic (exact) mass is 316 g/mol. The van der Waals surface area contributed by atoms with E-state index >= 15 is 0 Å². The summed E-state index contributed by atoms with van der Waals surface area (Å²) in [5, 5.41) is 3.33. The topological polar surface area (TPSA) is 25.8 Å². The van der Waals surface area contributed by atoms with Gasteiger partial charge in [0.15, 0.2) is 0 Å². The van der Waals surface area contributed by atoms with E-state index in [2.05, 4.69) is 67.4 Å². The van der Waals surface area contributed by atoms with E-state index in [1.807, 2.05) is 12.3 Å². The number of fused-ring (bicyclic) bond motifs is 2. The minimum absolute atomic E-state index is 0.932. The first-order chi connectivity index (χ1) is 11.2. The molecule has 0 fully saturated rings. The summed E-state index contributed by atoms with van der Waals surface area (Å²) in [5.41, 5.74) is 4.41. The van der Waals surface area contributed by atoms with Crippen LogP contribution in [0.25, 0.3) is 21.8 Å². The van der Waals surface area contributed by atoms with Gasteiger partial charge >= 0.3 is 0 Å². The molecule has 4 aromatic rings. The van der Waals surface area contributed by atoms with Crippen LogP contribution in [-0.2, 0) is 0 Å². The molecular weight excluding hydrogens is 300 g/mol. The van der Waals surface area contributed by atoms with Gasteiger partial charge in [0.05, 0.1) is 17.2 Å². The number of nitrogens with zero attached hydrogens (tertiary/aromatic N) is 2. The maximum Gasteiger partial charge on any atom is 0.120 e. The van der Waals surface area contributed by atoms with Crippen LogP contribution >= 0.6 is 11.8 Å². The second-order valence-electron chi connectivity index (χ2n) is 5.77. The number of aryl methyl sites for hydroxylation is 2. The first-order valence-electron chi connectivity index (χ1n) is 7.60. The standard InChI is InChI=1S/C20H16N2S/c1-13-7-8-14(2)19(9-13)23-20-12-21-17-10-15-5-3-4-6-16(15)11-18(17)22-20/h3-12H,1-2H3. The van der Waals surface area contributed by atoms with Crippen LogP contribution in [0.15, 0.2) is 70.7 Å². The third kappa shape index (κ3) is 2.80.